The Balaban J connectivity index is 1.10. The molecule has 222 valence electrons. The van der Waals surface area contributed by atoms with Gasteiger partial charge >= 0.3 is 0 Å². The highest BCUT2D eigenvalue weighted by Gasteiger charge is 2.48. The molecule has 5 heterocycles. The third-order valence-corrected chi connectivity index (χ3v) is 12.7. The lowest BCUT2D eigenvalue weighted by Crippen LogP contribution is -2.70. The van der Waals surface area contributed by atoms with Crippen LogP contribution in [0.15, 0.2) is 84.9 Å². The van der Waals surface area contributed by atoms with E-state index in [1.165, 1.54) is 40.7 Å². The predicted octanol–water partition coefficient (Wildman–Crippen LogP) is 7.56. The quantitative estimate of drug-likeness (QED) is 0.182. The maximum atomic E-state index is 14.5. The molecular formula is C36H33N3O2S3. The zero-order chi connectivity index (χ0) is 29.8. The summed E-state index contributed by atoms with van der Waals surface area (Å²) in [7, 11) is 0. The molecule has 2 saturated heterocycles. The molecule has 6 aromatic rings. The highest BCUT2D eigenvalue weighted by atomic mass is 32.1. The normalized spacial score (nSPS) is 19.5. The maximum Gasteiger partial charge on any atom is 0.247 e. The van der Waals surface area contributed by atoms with Crippen molar-refractivity contribution in [2.45, 2.75) is 44.9 Å². The average molecular weight is 636 g/mol. The van der Waals surface area contributed by atoms with E-state index in [0.29, 0.717) is 26.1 Å². The van der Waals surface area contributed by atoms with Gasteiger partial charge in [-0.25, -0.2) is 0 Å². The molecule has 8 heteroatoms. The van der Waals surface area contributed by atoms with Crippen LogP contribution >= 0.6 is 34.0 Å². The van der Waals surface area contributed by atoms with Crippen LogP contribution in [-0.2, 0) is 35.5 Å². The van der Waals surface area contributed by atoms with Crippen LogP contribution in [0.2, 0.25) is 0 Å². The summed E-state index contributed by atoms with van der Waals surface area (Å²) >= 11 is 5.33. The van der Waals surface area contributed by atoms with E-state index in [2.05, 4.69) is 84.6 Å². The van der Waals surface area contributed by atoms with Crippen LogP contribution in [0, 0.1) is 0 Å². The Morgan fingerprint density at radius 3 is 2.11 bits per heavy atom. The third kappa shape index (κ3) is 4.94. The third-order valence-electron chi connectivity index (χ3n) is 9.14. The number of rotatable bonds is 7. The molecule has 8 rings (SSSR count). The lowest BCUT2D eigenvalue weighted by Gasteiger charge is -2.49. The first-order chi connectivity index (χ1) is 21.6. The van der Waals surface area contributed by atoms with Crippen LogP contribution in [-0.4, -0.2) is 58.2 Å². The van der Waals surface area contributed by atoms with Crippen molar-refractivity contribution in [2.75, 3.05) is 19.6 Å². The first kappa shape index (κ1) is 28.0. The first-order valence-electron chi connectivity index (χ1n) is 15.3. The lowest BCUT2D eigenvalue weighted by atomic mass is 9.98. The monoisotopic (exact) mass is 635 g/mol. The van der Waals surface area contributed by atoms with Crippen molar-refractivity contribution >= 4 is 76.1 Å². The van der Waals surface area contributed by atoms with E-state index in [0.717, 1.165) is 29.3 Å². The number of thiophene rings is 3. The van der Waals surface area contributed by atoms with Crippen molar-refractivity contribution in [1.29, 1.82) is 0 Å². The molecule has 3 aromatic carbocycles. The minimum atomic E-state index is -0.504. The van der Waals surface area contributed by atoms with Gasteiger partial charge in [0.2, 0.25) is 11.8 Å². The zero-order valence-electron chi connectivity index (χ0n) is 24.6. The molecule has 2 aliphatic rings. The molecule has 2 fully saturated rings. The largest absolute Gasteiger partial charge is 0.326 e. The van der Waals surface area contributed by atoms with Crippen molar-refractivity contribution in [2.24, 2.45) is 0 Å². The van der Waals surface area contributed by atoms with Gasteiger partial charge in [-0.2, -0.15) is 0 Å². The summed E-state index contributed by atoms with van der Waals surface area (Å²) in [4.78, 5) is 38.7. The molecule has 0 N–H and O–H groups in total. The van der Waals surface area contributed by atoms with Gasteiger partial charge in [-0.15, -0.1) is 34.0 Å². The van der Waals surface area contributed by atoms with E-state index in [-0.39, 0.29) is 11.8 Å². The van der Waals surface area contributed by atoms with Crippen molar-refractivity contribution in [3.63, 3.8) is 0 Å². The second-order valence-corrected chi connectivity index (χ2v) is 15.3. The standard InChI is InChI=1S/C36H33N3O2S3/c1-2-31-28(27-11-5-8-14-34(27)44-31)21-37-15-16-38-30(22-37)36(41)39(20-26-18-24-10-4-7-13-33(24)43-26)29(35(38)40)19-25-17-23-9-3-6-12-32(23)42-25/h3-14,17-18,29-30H,2,15-16,19-22H2,1H3. The van der Waals surface area contributed by atoms with E-state index in [1.807, 2.05) is 33.3 Å². The summed E-state index contributed by atoms with van der Waals surface area (Å²) in [5.41, 5.74) is 1.38. The van der Waals surface area contributed by atoms with Crippen LogP contribution in [0.1, 0.15) is 27.1 Å². The van der Waals surface area contributed by atoms with E-state index in [1.54, 1.807) is 22.7 Å². The summed E-state index contributed by atoms with van der Waals surface area (Å²) < 4.78 is 3.74. The van der Waals surface area contributed by atoms with Gasteiger partial charge in [0, 0.05) is 61.3 Å². The topological polar surface area (TPSA) is 43.9 Å². The van der Waals surface area contributed by atoms with Gasteiger partial charge in [0.25, 0.3) is 0 Å². The van der Waals surface area contributed by atoms with Gasteiger partial charge in [0.15, 0.2) is 0 Å². The number of carbonyl (C=O) groups is 2. The fourth-order valence-corrected chi connectivity index (χ4v) is 10.3. The number of aryl methyl sites for hydroxylation is 1. The SMILES string of the molecule is CCc1sc2ccccc2c1CN1CCN2C(=O)C(Cc3cc4ccccc4s3)N(Cc3cc4ccccc4s3)C(=O)C2C1. The van der Waals surface area contributed by atoms with Gasteiger partial charge in [0.1, 0.15) is 12.1 Å². The molecule has 2 unspecified atom stereocenters. The average Bonchev–Trinajstić information content (AvgIpc) is 3.76. The Morgan fingerprint density at radius 2 is 1.39 bits per heavy atom. The van der Waals surface area contributed by atoms with Crippen molar-refractivity contribution in [3.05, 3.63) is 105 Å². The fraction of sp³-hybridized carbons (Fsp3) is 0.278. The number of nitrogens with zero attached hydrogens (tertiary/aromatic N) is 3. The van der Waals surface area contributed by atoms with Gasteiger partial charge in [-0.1, -0.05) is 61.5 Å². The zero-order valence-corrected chi connectivity index (χ0v) is 27.0. The number of amides is 2. The predicted molar refractivity (Wildman–Crippen MR) is 184 cm³/mol. The molecule has 2 aliphatic heterocycles. The minimum absolute atomic E-state index is 0.0729. The molecule has 0 aliphatic carbocycles. The minimum Gasteiger partial charge on any atom is -0.326 e. The molecule has 2 amide bonds. The Labute approximate surface area is 268 Å². The van der Waals surface area contributed by atoms with Gasteiger partial charge in [0.05, 0.1) is 6.54 Å². The van der Waals surface area contributed by atoms with Crippen LogP contribution in [0.5, 0.6) is 0 Å². The summed E-state index contributed by atoms with van der Waals surface area (Å²) in [5.74, 6) is 0.159. The maximum absolute atomic E-state index is 14.5. The molecule has 3 aromatic heterocycles. The molecule has 0 radical (unpaired) electrons. The Kier molecular flexibility index (Phi) is 7.25. The van der Waals surface area contributed by atoms with Crippen LogP contribution in [0.25, 0.3) is 30.3 Å². The molecule has 2 atom stereocenters. The number of hydrogen-bond acceptors (Lipinski definition) is 6. The van der Waals surface area contributed by atoms with E-state index in [4.69, 9.17) is 0 Å². The van der Waals surface area contributed by atoms with Crippen LogP contribution in [0.4, 0.5) is 0 Å². The number of piperazine rings is 2. The Morgan fingerprint density at radius 1 is 0.727 bits per heavy atom. The molecule has 0 spiro atoms. The van der Waals surface area contributed by atoms with Gasteiger partial charge < -0.3 is 9.80 Å². The number of hydrogen-bond donors (Lipinski definition) is 0. The van der Waals surface area contributed by atoms with Crippen molar-refractivity contribution in [3.8, 4) is 0 Å². The van der Waals surface area contributed by atoms with E-state index < -0.39 is 12.1 Å². The smallest absolute Gasteiger partial charge is 0.247 e. The summed E-state index contributed by atoms with van der Waals surface area (Å²) in [6.07, 6.45) is 1.54. The summed E-state index contributed by atoms with van der Waals surface area (Å²) in [6.45, 7) is 5.40. The molecule has 44 heavy (non-hydrogen) atoms. The number of benzene rings is 3. The van der Waals surface area contributed by atoms with Gasteiger partial charge in [-0.3, -0.25) is 14.5 Å². The second-order valence-electron chi connectivity index (χ2n) is 11.8. The number of carbonyl (C=O) groups excluding carboxylic acids is 2. The summed E-state index contributed by atoms with van der Waals surface area (Å²) in [5, 5.41) is 3.69. The van der Waals surface area contributed by atoms with Crippen LogP contribution < -0.4 is 0 Å². The van der Waals surface area contributed by atoms with Crippen molar-refractivity contribution < 1.29 is 9.59 Å². The molecular weight excluding hydrogens is 603 g/mol. The second kappa shape index (κ2) is 11.4. The Hall–Kier alpha value is -3.56. The van der Waals surface area contributed by atoms with Crippen molar-refractivity contribution in [1.82, 2.24) is 14.7 Å². The highest BCUT2D eigenvalue weighted by Crippen LogP contribution is 2.35. The first-order valence-corrected chi connectivity index (χ1v) is 17.8. The lowest BCUT2D eigenvalue weighted by molar-refractivity contribution is -0.166. The van der Waals surface area contributed by atoms with Crippen LogP contribution in [0.3, 0.4) is 0 Å². The fourth-order valence-electron chi connectivity index (χ4n) is 6.96. The van der Waals surface area contributed by atoms with E-state index >= 15 is 0 Å². The summed E-state index contributed by atoms with van der Waals surface area (Å²) in [6, 6.07) is 28.7. The van der Waals surface area contributed by atoms with E-state index in [9.17, 15) is 9.59 Å². The Bertz CT molecular complexity index is 1960. The highest BCUT2D eigenvalue weighted by molar-refractivity contribution is 7.19. The molecule has 5 nitrogen and oxygen atoms in total. The molecule has 0 bridgehead atoms. The van der Waals surface area contributed by atoms with Gasteiger partial charge in [-0.05, 0) is 58.5 Å². The number of fused-ring (bicyclic) bond motifs is 4. The molecule has 0 saturated carbocycles.